The molecule has 2 aromatic rings. The number of ether oxygens (including phenoxy) is 1. The molecule has 1 heterocycles. The lowest BCUT2D eigenvalue weighted by atomic mass is 10.2. The smallest absolute Gasteiger partial charge is 0.271 e. The highest BCUT2D eigenvalue weighted by atomic mass is 16.5. The monoisotopic (exact) mass is 297 g/mol. The first-order chi connectivity index (χ1) is 10.7. The van der Waals surface area contributed by atoms with Crippen molar-refractivity contribution in [2.24, 2.45) is 5.10 Å². The zero-order valence-corrected chi connectivity index (χ0v) is 12.7. The van der Waals surface area contributed by atoms with Gasteiger partial charge in [0, 0.05) is 23.5 Å². The van der Waals surface area contributed by atoms with Gasteiger partial charge in [0.2, 0.25) is 0 Å². The van der Waals surface area contributed by atoms with Crippen molar-refractivity contribution in [3.63, 3.8) is 0 Å². The van der Waals surface area contributed by atoms with Gasteiger partial charge in [0.15, 0.2) is 0 Å². The van der Waals surface area contributed by atoms with E-state index in [4.69, 9.17) is 4.74 Å². The first-order valence-corrected chi connectivity index (χ1v) is 7.19. The van der Waals surface area contributed by atoms with Crippen molar-refractivity contribution >= 4 is 12.1 Å². The van der Waals surface area contributed by atoms with Crippen molar-refractivity contribution in [2.45, 2.75) is 26.4 Å². The second-order valence-corrected chi connectivity index (χ2v) is 4.81. The summed E-state index contributed by atoms with van der Waals surface area (Å²) in [5.74, 6) is 0.470. The van der Waals surface area contributed by atoms with Crippen molar-refractivity contribution < 1.29 is 9.53 Å². The van der Waals surface area contributed by atoms with E-state index in [1.807, 2.05) is 31.2 Å². The number of aromatic nitrogens is 1. The number of carbonyl (C=O) groups is 1. The fraction of sp³-hybridized carbons (Fsp3) is 0.235. The number of para-hydroxylation sites is 1. The summed E-state index contributed by atoms with van der Waals surface area (Å²) in [5, 5.41) is 3.99. The van der Waals surface area contributed by atoms with Crippen LogP contribution in [-0.4, -0.2) is 23.2 Å². The summed E-state index contributed by atoms with van der Waals surface area (Å²) < 4.78 is 5.82. The Balaban J connectivity index is 2.03. The Labute approximate surface area is 130 Å². The molecule has 2 rings (SSSR count). The van der Waals surface area contributed by atoms with Gasteiger partial charge in [-0.25, -0.2) is 5.43 Å². The highest BCUT2D eigenvalue weighted by Gasteiger charge is 2.06. The number of nitrogens with zero attached hydrogens (tertiary/aromatic N) is 2. The Morgan fingerprint density at radius 1 is 1.32 bits per heavy atom. The average molecular weight is 297 g/mol. The Bertz CT molecular complexity index is 641. The number of pyridine rings is 1. The molecule has 1 aromatic carbocycles. The first kappa shape index (κ1) is 15.7. The molecule has 0 unspecified atom stereocenters. The minimum absolute atomic E-state index is 0.126. The molecule has 0 saturated carbocycles. The normalized spacial score (nSPS) is 12.1. The van der Waals surface area contributed by atoms with E-state index in [1.54, 1.807) is 30.7 Å². The van der Waals surface area contributed by atoms with Gasteiger partial charge >= 0.3 is 0 Å². The fourth-order valence-electron chi connectivity index (χ4n) is 1.72. The first-order valence-electron chi connectivity index (χ1n) is 7.19. The minimum Gasteiger partial charge on any atom is -0.490 e. The second-order valence-electron chi connectivity index (χ2n) is 4.81. The Kier molecular flexibility index (Phi) is 5.65. The summed E-state index contributed by atoms with van der Waals surface area (Å²) >= 11 is 0. The van der Waals surface area contributed by atoms with Crippen LogP contribution in [0, 0.1) is 0 Å². The van der Waals surface area contributed by atoms with Crippen LogP contribution < -0.4 is 10.2 Å². The molecule has 0 aliphatic rings. The predicted molar refractivity (Wildman–Crippen MR) is 86.1 cm³/mol. The number of hydrogen-bond donors (Lipinski definition) is 1. The molecule has 5 nitrogen and oxygen atoms in total. The number of benzene rings is 1. The van der Waals surface area contributed by atoms with E-state index in [2.05, 4.69) is 22.4 Å². The van der Waals surface area contributed by atoms with E-state index in [0.29, 0.717) is 5.56 Å². The molecular formula is C17H19N3O2. The van der Waals surface area contributed by atoms with E-state index >= 15 is 0 Å². The van der Waals surface area contributed by atoms with Gasteiger partial charge in [0.05, 0.1) is 12.3 Å². The molecule has 0 aliphatic carbocycles. The summed E-state index contributed by atoms with van der Waals surface area (Å²) in [6.45, 7) is 4.08. The van der Waals surface area contributed by atoms with Crippen LogP contribution in [0.3, 0.4) is 0 Å². The number of rotatable bonds is 6. The number of amides is 1. The van der Waals surface area contributed by atoms with Crippen LogP contribution in [0.15, 0.2) is 53.9 Å². The van der Waals surface area contributed by atoms with Crippen molar-refractivity contribution in [2.75, 3.05) is 0 Å². The fourth-order valence-corrected chi connectivity index (χ4v) is 1.72. The molecule has 5 heteroatoms. The SMILES string of the molecule is CC[C@H](C)Oc1ccccc1/C=N\NC(=O)c1ccncc1. The molecule has 1 amide bonds. The zero-order chi connectivity index (χ0) is 15.8. The van der Waals surface area contributed by atoms with Crippen molar-refractivity contribution in [3.8, 4) is 5.75 Å². The maximum Gasteiger partial charge on any atom is 0.271 e. The summed E-state index contributed by atoms with van der Waals surface area (Å²) in [6.07, 6.45) is 5.75. The van der Waals surface area contributed by atoms with E-state index in [1.165, 1.54) is 0 Å². The van der Waals surface area contributed by atoms with Crippen LogP contribution in [0.5, 0.6) is 5.75 Å². The molecule has 0 bridgehead atoms. The van der Waals surface area contributed by atoms with Gasteiger partial charge in [-0.3, -0.25) is 9.78 Å². The Morgan fingerprint density at radius 2 is 2.05 bits per heavy atom. The van der Waals surface area contributed by atoms with Crippen LogP contribution in [0.2, 0.25) is 0 Å². The molecule has 0 aliphatic heterocycles. The average Bonchev–Trinajstić information content (AvgIpc) is 2.57. The molecular weight excluding hydrogens is 278 g/mol. The molecule has 1 N–H and O–H groups in total. The van der Waals surface area contributed by atoms with Gasteiger partial charge in [0.1, 0.15) is 5.75 Å². The van der Waals surface area contributed by atoms with Crippen LogP contribution in [0.1, 0.15) is 36.2 Å². The quantitative estimate of drug-likeness (QED) is 0.658. The Hall–Kier alpha value is -2.69. The predicted octanol–water partition coefficient (Wildman–Crippen LogP) is 3.02. The van der Waals surface area contributed by atoms with Crippen LogP contribution in [0.4, 0.5) is 0 Å². The van der Waals surface area contributed by atoms with Crippen LogP contribution in [-0.2, 0) is 0 Å². The van der Waals surface area contributed by atoms with Gasteiger partial charge in [-0.05, 0) is 37.6 Å². The van der Waals surface area contributed by atoms with Crippen molar-refractivity contribution in [1.29, 1.82) is 0 Å². The summed E-state index contributed by atoms with van der Waals surface area (Å²) in [4.78, 5) is 15.7. The third-order valence-corrected chi connectivity index (χ3v) is 3.13. The van der Waals surface area contributed by atoms with Crippen LogP contribution in [0.25, 0.3) is 0 Å². The third-order valence-electron chi connectivity index (χ3n) is 3.13. The van der Waals surface area contributed by atoms with E-state index in [9.17, 15) is 4.79 Å². The number of carbonyl (C=O) groups excluding carboxylic acids is 1. The Morgan fingerprint density at radius 3 is 2.77 bits per heavy atom. The summed E-state index contributed by atoms with van der Waals surface area (Å²) in [7, 11) is 0. The van der Waals surface area contributed by atoms with E-state index in [-0.39, 0.29) is 12.0 Å². The molecule has 0 spiro atoms. The summed E-state index contributed by atoms with van der Waals surface area (Å²) in [6, 6.07) is 10.8. The molecule has 1 atom stereocenters. The zero-order valence-electron chi connectivity index (χ0n) is 12.7. The largest absolute Gasteiger partial charge is 0.490 e. The van der Waals surface area contributed by atoms with Crippen LogP contribution >= 0.6 is 0 Å². The molecule has 114 valence electrons. The topological polar surface area (TPSA) is 63.6 Å². The number of hydrazone groups is 1. The van der Waals surface area contributed by atoms with Gasteiger partial charge in [-0.2, -0.15) is 5.10 Å². The standard InChI is InChI=1S/C17H19N3O2/c1-3-13(2)22-16-7-5-4-6-15(16)12-19-20-17(21)14-8-10-18-11-9-14/h4-13H,3H2,1-2H3,(H,20,21)/b19-12-/t13-/m0/s1. The molecule has 1 aromatic heterocycles. The van der Waals surface area contributed by atoms with Crippen molar-refractivity contribution in [3.05, 3.63) is 59.9 Å². The summed E-state index contributed by atoms with van der Waals surface area (Å²) in [5.41, 5.74) is 3.82. The van der Waals surface area contributed by atoms with Gasteiger partial charge in [0.25, 0.3) is 5.91 Å². The van der Waals surface area contributed by atoms with E-state index in [0.717, 1.165) is 17.7 Å². The molecule has 0 saturated heterocycles. The minimum atomic E-state index is -0.279. The second kappa shape index (κ2) is 7.93. The van der Waals surface area contributed by atoms with Crippen molar-refractivity contribution in [1.82, 2.24) is 10.4 Å². The number of hydrogen-bond acceptors (Lipinski definition) is 4. The highest BCUT2D eigenvalue weighted by molar-refractivity contribution is 5.94. The lowest BCUT2D eigenvalue weighted by Crippen LogP contribution is -2.17. The number of nitrogens with one attached hydrogen (secondary N) is 1. The van der Waals surface area contributed by atoms with Gasteiger partial charge in [-0.1, -0.05) is 19.1 Å². The molecule has 0 fully saturated rings. The van der Waals surface area contributed by atoms with Gasteiger partial charge < -0.3 is 4.74 Å². The maximum atomic E-state index is 11.9. The van der Waals surface area contributed by atoms with Gasteiger partial charge in [-0.15, -0.1) is 0 Å². The maximum absolute atomic E-state index is 11.9. The lowest BCUT2D eigenvalue weighted by molar-refractivity contribution is 0.0955. The third kappa shape index (κ3) is 4.41. The molecule has 22 heavy (non-hydrogen) atoms. The highest BCUT2D eigenvalue weighted by Crippen LogP contribution is 2.18. The molecule has 0 radical (unpaired) electrons. The lowest BCUT2D eigenvalue weighted by Gasteiger charge is -2.14. The van der Waals surface area contributed by atoms with E-state index < -0.39 is 0 Å².